The van der Waals surface area contributed by atoms with Crippen molar-refractivity contribution in [2.24, 2.45) is 5.92 Å². The minimum atomic E-state index is -0.721. The Kier molecular flexibility index (Phi) is 6.86. The molecular weight excluding hydrogens is 298 g/mol. The fraction of sp³-hybridized carbons (Fsp3) is 0.882. The lowest BCUT2D eigenvalue weighted by Crippen LogP contribution is -2.54. The number of methoxy groups -OCH3 is 1. The molecule has 0 radical (unpaired) electrons. The van der Waals surface area contributed by atoms with Crippen molar-refractivity contribution in [3.05, 3.63) is 0 Å². The van der Waals surface area contributed by atoms with Gasteiger partial charge in [0, 0.05) is 0 Å². The molecule has 0 saturated carbocycles. The van der Waals surface area contributed by atoms with Gasteiger partial charge in [-0.3, -0.25) is 0 Å². The van der Waals surface area contributed by atoms with Crippen molar-refractivity contribution in [2.45, 2.75) is 77.5 Å². The van der Waals surface area contributed by atoms with Crippen LogP contribution in [0.2, 0.25) is 0 Å². The first kappa shape index (κ1) is 19.7. The third kappa shape index (κ3) is 6.37. The molecule has 1 unspecified atom stereocenters. The van der Waals surface area contributed by atoms with Crippen LogP contribution in [0, 0.1) is 5.92 Å². The molecule has 1 fully saturated rings. The predicted octanol–water partition coefficient (Wildman–Crippen LogP) is 3.04. The molecule has 1 amide bonds. The van der Waals surface area contributed by atoms with Gasteiger partial charge in [-0.05, 0) is 52.9 Å². The monoisotopic (exact) mass is 329 g/mol. The molecule has 1 atom stereocenters. The van der Waals surface area contributed by atoms with Gasteiger partial charge in [0.25, 0.3) is 0 Å². The van der Waals surface area contributed by atoms with E-state index >= 15 is 0 Å². The average Bonchev–Trinajstić information content (AvgIpc) is 2.41. The number of esters is 1. The number of hydrogen-bond donors (Lipinski definition) is 1. The van der Waals surface area contributed by atoms with Crippen LogP contribution in [-0.2, 0) is 19.0 Å². The van der Waals surface area contributed by atoms with E-state index in [0.717, 1.165) is 12.8 Å². The molecule has 6 heteroatoms. The minimum Gasteiger partial charge on any atom is -0.464 e. The van der Waals surface area contributed by atoms with E-state index in [1.807, 2.05) is 34.6 Å². The number of carbonyl (C=O) groups is 2. The molecular formula is C17H31NO5. The second-order valence-electron chi connectivity index (χ2n) is 7.42. The van der Waals surface area contributed by atoms with Crippen LogP contribution in [0.5, 0.6) is 0 Å². The summed E-state index contributed by atoms with van der Waals surface area (Å²) in [6.07, 6.45) is 2.45. The van der Waals surface area contributed by atoms with E-state index in [-0.39, 0.29) is 17.1 Å². The molecule has 0 aromatic carbocycles. The number of unbranched alkanes of at least 4 members (excludes halogenated alkanes) is 1. The Hall–Kier alpha value is -1.30. The quantitative estimate of drug-likeness (QED) is 0.599. The second kappa shape index (κ2) is 7.99. The lowest BCUT2D eigenvalue weighted by molar-refractivity contribution is -0.181. The lowest BCUT2D eigenvalue weighted by Gasteiger charge is -2.46. The smallest absolute Gasteiger partial charge is 0.407 e. The normalized spacial score (nSPS) is 21.3. The van der Waals surface area contributed by atoms with Crippen LogP contribution in [0.15, 0.2) is 0 Å². The van der Waals surface area contributed by atoms with Crippen molar-refractivity contribution in [2.75, 3.05) is 13.7 Å². The van der Waals surface area contributed by atoms with Crippen LogP contribution in [0.1, 0.15) is 60.3 Å². The van der Waals surface area contributed by atoms with E-state index in [9.17, 15) is 9.59 Å². The fourth-order valence-electron chi connectivity index (χ4n) is 3.36. The van der Waals surface area contributed by atoms with Crippen molar-refractivity contribution < 1.29 is 23.8 Å². The van der Waals surface area contributed by atoms with E-state index in [0.29, 0.717) is 19.4 Å². The molecule has 1 saturated heterocycles. The van der Waals surface area contributed by atoms with Gasteiger partial charge in [-0.15, -0.1) is 0 Å². The number of amides is 1. The molecule has 1 rings (SSSR count). The summed E-state index contributed by atoms with van der Waals surface area (Å²) in [6.45, 7) is 10.4. The summed E-state index contributed by atoms with van der Waals surface area (Å²) in [5.41, 5.74) is -0.738. The molecule has 134 valence electrons. The molecule has 1 aliphatic heterocycles. The third-order valence-electron chi connectivity index (χ3n) is 3.99. The van der Waals surface area contributed by atoms with E-state index in [4.69, 9.17) is 9.47 Å². The number of carbonyl (C=O) groups excluding carboxylic acids is 2. The van der Waals surface area contributed by atoms with E-state index < -0.39 is 18.1 Å². The SMILES string of the molecule is CCCCOC(=O)C(NC(=O)OC)C1CC(C)(C)OC(C)(C)C1. The van der Waals surface area contributed by atoms with Gasteiger partial charge in [-0.2, -0.15) is 0 Å². The van der Waals surface area contributed by atoms with Gasteiger partial charge in [0.05, 0.1) is 24.9 Å². The van der Waals surface area contributed by atoms with Crippen molar-refractivity contribution in [1.82, 2.24) is 5.32 Å². The zero-order chi connectivity index (χ0) is 17.7. The molecule has 0 aromatic rings. The van der Waals surface area contributed by atoms with Gasteiger partial charge in [-0.1, -0.05) is 13.3 Å². The Morgan fingerprint density at radius 2 is 1.78 bits per heavy atom. The molecule has 0 aromatic heterocycles. The molecule has 6 nitrogen and oxygen atoms in total. The Balaban J connectivity index is 2.89. The van der Waals surface area contributed by atoms with Gasteiger partial charge >= 0.3 is 12.1 Å². The summed E-state index contributed by atoms with van der Waals surface area (Å²) in [7, 11) is 1.28. The maximum atomic E-state index is 12.5. The number of ether oxygens (including phenoxy) is 3. The standard InChI is InChI=1S/C17H31NO5/c1-7-8-9-22-14(19)13(18-15(20)21-6)12-10-16(2,3)23-17(4,5)11-12/h12-13H,7-11H2,1-6H3,(H,18,20). The fourth-order valence-corrected chi connectivity index (χ4v) is 3.36. The summed E-state index contributed by atoms with van der Waals surface area (Å²) in [4.78, 5) is 24.1. The number of hydrogen-bond acceptors (Lipinski definition) is 5. The van der Waals surface area contributed by atoms with Gasteiger partial charge < -0.3 is 19.5 Å². The Morgan fingerprint density at radius 1 is 1.22 bits per heavy atom. The zero-order valence-corrected chi connectivity index (χ0v) is 15.2. The van der Waals surface area contributed by atoms with Crippen molar-refractivity contribution in [3.63, 3.8) is 0 Å². The van der Waals surface area contributed by atoms with Crippen LogP contribution in [0.25, 0.3) is 0 Å². The lowest BCUT2D eigenvalue weighted by atomic mass is 9.77. The molecule has 1 N–H and O–H groups in total. The molecule has 0 bridgehead atoms. The van der Waals surface area contributed by atoms with Crippen LogP contribution in [-0.4, -0.2) is 43.0 Å². The third-order valence-corrected chi connectivity index (χ3v) is 3.99. The highest BCUT2D eigenvalue weighted by Crippen LogP contribution is 2.40. The molecule has 0 aliphatic carbocycles. The summed E-state index contributed by atoms with van der Waals surface area (Å²) in [5.74, 6) is -0.468. The van der Waals surface area contributed by atoms with E-state index in [2.05, 4.69) is 10.1 Å². The van der Waals surface area contributed by atoms with Crippen LogP contribution < -0.4 is 5.32 Å². The topological polar surface area (TPSA) is 73.9 Å². The van der Waals surface area contributed by atoms with Crippen molar-refractivity contribution >= 4 is 12.1 Å². The van der Waals surface area contributed by atoms with E-state index in [1.165, 1.54) is 7.11 Å². The highest BCUT2D eigenvalue weighted by molar-refractivity contribution is 5.81. The summed E-state index contributed by atoms with van der Waals surface area (Å²) < 4.78 is 16.0. The molecule has 0 spiro atoms. The summed E-state index contributed by atoms with van der Waals surface area (Å²) in [5, 5.41) is 2.65. The maximum absolute atomic E-state index is 12.5. The summed E-state index contributed by atoms with van der Waals surface area (Å²) in [6, 6.07) is -0.721. The first-order chi connectivity index (χ1) is 10.6. The second-order valence-corrected chi connectivity index (χ2v) is 7.42. The summed E-state index contributed by atoms with van der Waals surface area (Å²) >= 11 is 0. The van der Waals surface area contributed by atoms with Crippen LogP contribution in [0.4, 0.5) is 4.79 Å². The van der Waals surface area contributed by atoms with Gasteiger partial charge in [0.2, 0.25) is 0 Å². The minimum absolute atomic E-state index is 0.0676. The van der Waals surface area contributed by atoms with Gasteiger partial charge in [0.15, 0.2) is 0 Å². The van der Waals surface area contributed by atoms with Crippen LogP contribution >= 0.6 is 0 Å². The number of alkyl carbamates (subject to hydrolysis) is 1. The van der Waals surface area contributed by atoms with Crippen LogP contribution in [0.3, 0.4) is 0 Å². The Morgan fingerprint density at radius 3 is 2.26 bits per heavy atom. The Labute approximate surface area is 139 Å². The van der Waals surface area contributed by atoms with Crippen molar-refractivity contribution in [1.29, 1.82) is 0 Å². The first-order valence-corrected chi connectivity index (χ1v) is 8.31. The largest absolute Gasteiger partial charge is 0.464 e. The average molecular weight is 329 g/mol. The molecule has 1 aliphatic rings. The Bertz CT molecular complexity index is 403. The van der Waals surface area contributed by atoms with E-state index in [1.54, 1.807) is 0 Å². The highest BCUT2D eigenvalue weighted by Gasteiger charge is 2.45. The van der Waals surface area contributed by atoms with Gasteiger partial charge in [0.1, 0.15) is 6.04 Å². The number of nitrogens with one attached hydrogen (secondary N) is 1. The van der Waals surface area contributed by atoms with Crippen molar-refractivity contribution in [3.8, 4) is 0 Å². The highest BCUT2D eigenvalue weighted by atomic mass is 16.5. The van der Waals surface area contributed by atoms with Gasteiger partial charge in [-0.25, -0.2) is 9.59 Å². The molecule has 23 heavy (non-hydrogen) atoms. The predicted molar refractivity (Wildman–Crippen MR) is 87.2 cm³/mol. The number of rotatable bonds is 6. The maximum Gasteiger partial charge on any atom is 0.407 e. The molecule has 1 heterocycles. The zero-order valence-electron chi connectivity index (χ0n) is 15.2. The first-order valence-electron chi connectivity index (χ1n) is 8.31.